The molecule has 0 aliphatic carbocycles. The van der Waals surface area contributed by atoms with Crippen LogP contribution in [0.1, 0.15) is 39.5 Å². The van der Waals surface area contributed by atoms with Crippen LogP contribution in [0.15, 0.2) is 66.7 Å². The smallest absolute Gasteiger partial charge is 0.167 e. The van der Waals surface area contributed by atoms with Crippen LogP contribution < -0.4 is 14.2 Å². The second kappa shape index (κ2) is 12.9. The Balaban J connectivity index is 1.68. The van der Waals surface area contributed by atoms with Gasteiger partial charge >= 0.3 is 0 Å². The van der Waals surface area contributed by atoms with Gasteiger partial charge in [-0.3, -0.25) is 0 Å². The number of rotatable bonds is 12. The monoisotopic (exact) mass is 513 g/mol. The summed E-state index contributed by atoms with van der Waals surface area (Å²) in [4.78, 5) is 14.2. The molecule has 1 heterocycles. The fourth-order valence-electron chi connectivity index (χ4n) is 4.14. The fourth-order valence-corrected chi connectivity index (χ4v) is 4.14. The second-order valence-electron chi connectivity index (χ2n) is 9.17. The highest BCUT2D eigenvalue weighted by Gasteiger charge is 2.16. The molecule has 1 aromatic heterocycles. The van der Waals surface area contributed by atoms with Crippen LogP contribution in [0, 0.1) is 5.92 Å². The van der Waals surface area contributed by atoms with E-state index in [-0.39, 0.29) is 5.75 Å². The minimum absolute atomic E-state index is 0.0525. The molecular formula is C31H35N3O4. The number of phenolic OH excluding ortho intramolecular Hbond substituents is 1. The van der Waals surface area contributed by atoms with Crippen molar-refractivity contribution in [2.75, 3.05) is 20.8 Å². The highest BCUT2D eigenvalue weighted by atomic mass is 16.5. The van der Waals surface area contributed by atoms with E-state index in [1.807, 2.05) is 54.6 Å². The molecule has 0 saturated heterocycles. The molecule has 4 aromatic rings. The van der Waals surface area contributed by atoms with E-state index in [2.05, 4.69) is 13.8 Å². The van der Waals surface area contributed by atoms with E-state index in [4.69, 9.17) is 29.2 Å². The van der Waals surface area contributed by atoms with Gasteiger partial charge in [-0.05, 0) is 73.0 Å². The van der Waals surface area contributed by atoms with Gasteiger partial charge in [0.1, 0.15) is 23.0 Å². The number of benzene rings is 3. The van der Waals surface area contributed by atoms with E-state index in [9.17, 15) is 5.11 Å². The maximum atomic E-state index is 11.0. The first kappa shape index (κ1) is 26.9. The number of methoxy groups -OCH3 is 2. The molecule has 0 amide bonds. The average Bonchev–Trinajstić information content (AvgIpc) is 2.97. The highest BCUT2D eigenvalue weighted by molar-refractivity contribution is 5.70. The van der Waals surface area contributed by atoms with Crippen molar-refractivity contribution in [2.24, 2.45) is 5.92 Å². The molecule has 0 aliphatic heterocycles. The topological polar surface area (TPSA) is 86.6 Å². The third-order valence-corrected chi connectivity index (χ3v) is 6.57. The lowest BCUT2D eigenvalue weighted by atomic mass is 10.0. The molecule has 7 heteroatoms. The van der Waals surface area contributed by atoms with E-state index in [0.29, 0.717) is 41.3 Å². The van der Waals surface area contributed by atoms with Crippen molar-refractivity contribution >= 4 is 0 Å². The standard InChI is InChI=1S/C31H35N3O4/c1-5-7-8-21(6-2)20-38-26-17-18-27(28(35)19-26)31-33-29(22-9-13-24(36-3)14-10-22)32-30(34-31)23-11-15-25(37-4)16-12-23/h9-19,21,35H,5-8,20H2,1-4H3. The second-order valence-corrected chi connectivity index (χ2v) is 9.17. The molecule has 3 aromatic carbocycles. The first-order valence-electron chi connectivity index (χ1n) is 13.1. The van der Waals surface area contributed by atoms with Crippen molar-refractivity contribution < 1.29 is 19.3 Å². The average molecular weight is 514 g/mol. The molecule has 38 heavy (non-hydrogen) atoms. The lowest BCUT2D eigenvalue weighted by Crippen LogP contribution is -2.11. The van der Waals surface area contributed by atoms with E-state index >= 15 is 0 Å². The molecule has 198 valence electrons. The molecule has 0 saturated carbocycles. The Hall–Kier alpha value is -4.13. The molecule has 0 spiro atoms. The number of phenols is 1. The van der Waals surface area contributed by atoms with Crippen LogP contribution >= 0.6 is 0 Å². The van der Waals surface area contributed by atoms with Crippen molar-refractivity contribution in [3.05, 3.63) is 66.7 Å². The van der Waals surface area contributed by atoms with E-state index in [1.54, 1.807) is 26.4 Å². The molecule has 7 nitrogen and oxygen atoms in total. The molecular weight excluding hydrogens is 478 g/mol. The molecule has 1 atom stereocenters. The molecule has 0 radical (unpaired) electrons. The zero-order valence-electron chi connectivity index (χ0n) is 22.5. The van der Waals surface area contributed by atoms with Crippen molar-refractivity contribution in [3.8, 4) is 57.2 Å². The molecule has 1 N–H and O–H groups in total. The summed E-state index contributed by atoms with van der Waals surface area (Å²) < 4.78 is 16.6. The summed E-state index contributed by atoms with van der Waals surface area (Å²) in [5.74, 6) is 4.01. The van der Waals surface area contributed by atoms with Gasteiger partial charge in [-0.15, -0.1) is 0 Å². The molecule has 1 unspecified atom stereocenters. The summed E-state index contributed by atoms with van der Waals surface area (Å²) in [6.45, 7) is 5.02. The SMILES string of the molecule is CCCCC(CC)COc1ccc(-c2nc(-c3ccc(OC)cc3)nc(-c3ccc(OC)cc3)n2)c(O)c1. The molecule has 0 aliphatic rings. The zero-order valence-corrected chi connectivity index (χ0v) is 22.5. The van der Waals surface area contributed by atoms with Gasteiger partial charge < -0.3 is 19.3 Å². The van der Waals surface area contributed by atoms with Crippen molar-refractivity contribution in [1.29, 1.82) is 0 Å². The van der Waals surface area contributed by atoms with E-state index in [1.165, 1.54) is 12.8 Å². The van der Waals surface area contributed by atoms with Gasteiger partial charge in [0.2, 0.25) is 0 Å². The predicted octanol–water partition coefficient (Wildman–Crippen LogP) is 7.19. The van der Waals surface area contributed by atoms with Crippen LogP contribution in [0.25, 0.3) is 34.2 Å². The number of nitrogens with zero attached hydrogens (tertiary/aromatic N) is 3. The summed E-state index contributed by atoms with van der Waals surface area (Å²) in [5.41, 5.74) is 2.12. The number of unbranched alkanes of at least 4 members (excludes halogenated alkanes) is 1. The zero-order chi connectivity index (χ0) is 26.9. The number of aromatic nitrogens is 3. The van der Waals surface area contributed by atoms with Crippen LogP contribution in [-0.2, 0) is 0 Å². The number of aromatic hydroxyl groups is 1. The minimum Gasteiger partial charge on any atom is -0.507 e. The van der Waals surface area contributed by atoms with Crippen LogP contribution in [0.5, 0.6) is 23.0 Å². The van der Waals surface area contributed by atoms with Crippen LogP contribution in [0.3, 0.4) is 0 Å². The molecule has 0 bridgehead atoms. The van der Waals surface area contributed by atoms with Gasteiger partial charge in [-0.2, -0.15) is 0 Å². The third-order valence-electron chi connectivity index (χ3n) is 6.57. The number of hydrogen-bond donors (Lipinski definition) is 1. The maximum Gasteiger partial charge on any atom is 0.167 e. The Morgan fingerprint density at radius 3 is 1.71 bits per heavy atom. The highest BCUT2D eigenvalue weighted by Crippen LogP contribution is 2.33. The first-order valence-corrected chi connectivity index (χ1v) is 13.1. The Labute approximate surface area is 224 Å². The Morgan fingerprint density at radius 1 is 0.711 bits per heavy atom. The van der Waals surface area contributed by atoms with Gasteiger partial charge in [0, 0.05) is 17.2 Å². The van der Waals surface area contributed by atoms with Crippen molar-refractivity contribution in [3.63, 3.8) is 0 Å². The lowest BCUT2D eigenvalue weighted by molar-refractivity contribution is 0.232. The molecule has 0 fully saturated rings. The van der Waals surface area contributed by atoms with Crippen molar-refractivity contribution in [1.82, 2.24) is 15.0 Å². The number of ether oxygens (including phenoxy) is 3. The van der Waals surface area contributed by atoms with Gasteiger partial charge in [0.25, 0.3) is 0 Å². The minimum atomic E-state index is 0.0525. The van der Waals surface area contributed by atoms with Crippen LogP contribution in [0.2, 0.25) is 0 Å². The largest absolute Gasteiger partial charge is 0.507 e. The fraction of sp³-hybridized carbons (Fsp3) is 0.323. The van der Waals surface area contributed by atoms with Gasteiger partial charge in [-0.25, -0.2) is 15.0 Å². The van der Waals surface area contributed by atoms with Crippen LogP contribution in [-0.4, -0.2) is 40.9 Å². The summed E-state index contributed by atoms with van der Waals surface area (Å²) in [7, 11) is 3.25. The molecule has 4 rings (SSSR count). The normalized spacial score (nSPS) is 11.7. The van der Waals surface area contributed by atoms with Crippen molar-refractivity contribution in [2.45, 2.75) is 39.5 Å². The summed E-state index contributed by atoms with van der Waals surface area (Å²) in [5, 5.41) is 11.0. The van der Waals surface area contributed by atoms with Gasteiger partial charge in [0.05, 0.1) is 26.4 Å². The predicted molar refractivity (Wildman–Crippen MR) is 150 cm³/mol. The van der Waals surface area contributed by atoms with Gasteiger partial charge in [-0.1, -0.05) is 33.1 Å². The maximum absolute atomic E-state index is 11.0. The summed E-state index contributed by atoms with van der Waals surface area (Å²) >= 11 is 0. The van der Waals surface area contributed by atoms with Crippen LogP contribution in [0.4, 0.5) is 0 Å². The Bertz CT molecular complexity index is 1260. The first-order chi connectivity index (χ1) is 18.5. The Kier molecular flexibility index (Phi) is 9.14. The third kappa shape index (κ3) is 6.59. The van der Waals surface area contributed by atoms with Gasteiger partial charge in [0.15, 0.2) is 17.5 Å². The van der Waals surface area contributed by atoms with E-state index in [0.717, 1.165) is 35.5 Å². The van der Waals surface area contributed by atoms with E-state index < -0.39 is 0 Å². The number of hydrogen-bond acceptors (Lipinski definition) is 7. The summed E-state index contributed by atoms with van der Waals surface area (Å²) in [6.07, 6.45) is 4.58. The Morgan fingerprint density at radius 2 is 1.24 bits per heavy atom. The lowest BCUT2D eigenvalue weighted by Gasteiger charge is -2.16. The quantitative estimate of drug-likeness (QED) is 0.214. The summed E-state index contributed by atoms with van der Waals surface area (Å²) in [6, 6.07) is 20.3.